The van der Waals surface area contributed by atoms with Gasteiger partial charge in [-0.05, 0) is 42.5 Å². The van der Waals surface area contributed by atoms with Crippen molar-refractivity contribution in [2.24, 2.45) is 0 Å². The van der Waals surface area contributed by atoms with Crippen molar-refractivity contribution in [1.82, 2.24) is 4.90 Å². The summed E-state index contributed by atoms with van der Waals surface area (Å²) in [4.78, 5) is 28.1. The lowest BCUT2D eigenvalue weighted by Crippen LogP contribution is -2.37. The number of methoxy groups -OCH3 is 2. The van der Waals surface area contributed by atoms with Crippen LogP contribution in [0.1, 0.15) is 55.3 Å². The molecule has 1 amide bonds. The number of carbonyl (C=O) groups excluding carboxylic acids is 2. The third-order valence-electron chi connectivity index (χ3n) is 6.57. The second-order valence-corrected chi connectivity index (χ2v) is 8.31. The van der Waals surface area contributed by atoms with Crippen LogP contribution in [0.2, 0.25) is 0 Å². The highest BCUT2D eigenvalue weighted by Crippen LogP contribution is 2.44. The number of ether oxygens (including phenoxy) is 2. The largest absolute Gasteiger partial charge is 0.507 e. The quantitative estimate of drug-likeness (QED) is 0.407. The van der Waals surface area contributed by atoms with Crippen LogP contribution in [-0.2, 0) is 16.0 Å². The third-order valence-corrected chi connectivity index (χ3v) is 6.57. The molecule has 1 saturated heterocycles. The molecule has 6 heteroatoms. The molecule has 1 saturated carbocycles. The van der Waals surface area contributed by atoms with Crippen LogP contribution < -0.4 is 9.47 Å². The maximum absolute atomic E-state index is 13.2. The van der Waals surface area contributed by atoms with E-state index in [9.17, 15) is 14.7 Å². The number of carbonyl (C=O) groups is 2. The molecule has 1 unspecified atom stereocenters. The van der Waals surface area contributed by atoms with Gasteiger partial charge in [0.2, 0.25) is 0 Å². The minimum absolute atomic E-state index is 0.00892. The molecule has 1 aliphatic heterocycles. The van der Waals surface area contributed by atoms with Crippen molar-refractivity contribution in [3.05, 3.63) is 64.7 Å². The molecule has 0 spiro atoms. The molecule has 6 nitrogen and oxygen atoms in total. The number of aliphatic hydroxyl groups is 1. The minimum Gasteiger partial charge on any atom is -0.507 e. The van der Waals surface area contributed by atoms with Gasteiger partial charge in [0.1, 0.15) is 17.3 Å². The topological polar surface area (TPSA) is 76.1 Å². The number of amides is 1. The van der Waals surface area contributed by atoms with Crippen LogP contribution in [0.5, 0.6) is 11.5 Å². The Labute approximate surface area is 188 Å². The number of rotatable bonds is 6. The van der Waals surface area contributed by atoms with Crippen LogP contribution in [0.3, 0.4) is 0 Å². The highest BCUT2D eigenvalue weighted by Gasteiger charge is 2.49. The molecule has 2 aromatic carbocycles. The van der Waals surface area contributed by atoms with Gasteiger partial charge in [-0.2, -0.15) is 0 Å². The maximum atomic E-state index is 13.2. The summed E-state index contributed by atoms with van der Waals surface area (Å²) in [6, 6.07) is 12.3. The van der Waals surface area contributed by atoms with Crippen molar-refractivity contribution in [1.29, 1.82) is 0 Å². The zero-order valence-corrected chi connectivity index (χ0v) is 18.8. The molecule has 1 N–H and O–H groups in total. The van der Waals surface area contributed by atoms with Crippen molar-refractivity contribution in [3.8, 4) is 11.5 Å². The molecule has 0 bridgehead atoms. The summed E-state index contributed by atoms with van der Waals surface area (Å²) in [5.41, 5.74) is 2.45. The summed E-state index contributed by atoms with van der Waals surface area (Å²) in [6.45, 7) is 2.08. The van der Waals surface area contributed by atoms with Gasteiger partial charge in [0.05, 0.1) is 31.4 Å². The summed E-state index contributed by atoms with van der Waals surface area (Å²) >= 11 is 0. The van der Waals surface area contributed by atoms with E-state index in [0.29, 0.717) is 17.1 Å². The van der Waals surface area contributed by atoms with Crippen molar-refractivity contribution in [3.63, 3.8) is 0 Å². The van der Waals surface area contributed by atoms with Gasteiger partial charge in [-0.15, -0.1) is 0 Å². The summed E-state index contributed by atoms with van der Waals surface area (Å²) in [5.74, 6) is -0.495. The first-order valence-electron chi connectivity index (χ1n) is 11.1. The Balaban J connectivity index is 1.89. The van der Waals surface area contributed by atoms with Gasteiger partial charge in [-0.25, -0.2) is 0 Å². The lowest BCUT2D eigenvalue weighted by molar-refractivity contribution is -0.141. The average Bonchev–Trinajstić information content (AvgIpc) is 3.45. The van der Waals surface area contributed by atoms with Crippen LogP contribution in [0, 0.1) is 0 Å². The van der Waals surface area contributed by atoms with E-state index < -0.39 is 17.7 Å². The molecular weight excluding hydrogens is 406 g/mol. The van der Waals surface area contributed by atoms with Crippen molar-refractivity contribution in [2.75, 3.05) is 14.2 Å². The van der Waals surface area contributed by atoms with Gasteiger partial charge >= 0.3 is 0 Å². The Kier molecular flexibility index (Phi) is 6.21. The van der Waals surface area contributed by atoms with Crippen LogP contribution in [0.4, 0.5) is 0 Å². The zero-order chi connectivity index (χ0) is 22.8. The lowest BCUT2D eigenvalue weighted by Gasteiger charge is -2.31. The molecular formula is C26H29NO5. The number of ketones is 1. The van der Waals surface area contributed by atoms with Gasteiger partial charge < -0.3 is 19.5 Å². The normalized spacial score (nSPS) is 20.7. The first-order valence-corrected chi connectivity index (χ1v) is 11.1. The van der Waals surface area contributed by atoms with E-state index >= 15 is 0 Å². The number of likely N-dealkylation sites (tertiary alicyclic amines) is 1. The number of aryl methyl sites for hydroxylation is 1. The molecule has 1 heterocycles. The second kappa shape index (κ2) is 9.07. The van der Waals surface area contributed by atoms with Crippen LogP contribution in [-0.4, -0.2) is 42.0 Å². The molecule has 2 aliphatic rings. The minimum atomic E-state index is -0.656. The Bertz CT molecular complexity index is 1050. The highest BCUT2D eigenvalue weighted by molar-refractivity contribution is 6.46. The summed E-state index contributed by atoms with van der Waals surface area (Å²) in [7, 11) is 3.03. The standard InChI is InChI=1S/C26H29NO5/c1-4-16-9-11-17(12-10-16)23-22(25(29)26(30)27(23)18-7-5-6-8-18)24(28)20-14-13-19(31-2)15-21(20)32-3/h9-15,18,23,28H,4-8H2,1-3H3/b24-22-. The smallest absolute Gasteiger partial charge is 0.295 e. The van der Waals surface area contributed by atoms with E-state index in [1.54, 1.807) is 30.2 Å². The van der Waals surface area contributed by atoms with Crippen molar-refractivity contribution < 1.29 is 24.2 Å². The summed E-state index contributed by atoms with van der Waals surface area (Å²) in [5, 5.41) is 11.3. The first-order chi connectivity index (χ1) is 15.5. The number of Topliss-reactive ketones (excluding diaryl/α,β-unsaturated/α-hetero) is 1. The van der Waals surface area contributed by atoms with E-state index in [1.807, 2.05) is 24.3 Å². The maximum Gasteiger partial charge on any atom is 0.295 e. The molecule has 1 aliphatic carbocycles. The molecule has 2 aromatic rings. The molecule has 32 heavy (non-hydrogen) atoms. The van der Waals surface area contributed by atoms with E-state index in [0.717, 1.165) is 37.7 Å². The number of hydrogen-bond donors (Lipinski definition) is 1. The van der Waals surface area contributed by atoms with E-state index in [2.05, 4.69) is 6.92 Å². The fraction of sp³-hybridized carbons (Fsp3) is 0.385. The van der Waals surface area contributed by atoms with Crippen LogP contribution in [0.25, 0.3) is 5.76 Å². The third kappa shape index (κ3) is 3.74. The highest BCUT2D eigenvalue weighted by atomic mass is 16.5. The number of benzene rings is 2. The number of hydrogen-bond acceptors (Lipinski definition) is 5. The predicted molar refractivity (Wildman–Crippen MR) is 122 cm³/mol. The molecule has 168 valence electrons. The Hall–Kier alpha value is -3.28. The average molecular weight is 436 g/mol. The lowest BCUT2D eigenvalue weighted by atomic mass is 9.93. The first kappa shape index (κ1) is 21.9. The Morgan fingerprint density at radius 3 is 2.31 bits per heavy atom. The van der Waals surface area contributed by atoms with E-state index in [-0.39, 0.29) is 17.4 Å². The second-order valence-electron chi connectivity index (χ2n) is 8.31. The SMILES string of the molecule is CCc1ccc(C2/C(=C(/O)c3ccc(OC)cc3OC)C(=O)C(=O)N2C2CCCC2)cc1. The van der Waals surface area contributed by atoms with Crippen molar-refractivity contribution >= 4 is 17.4 Å². The van der Waals surface area contributed by atoms with Crippen molar-refractivity contribution in [2.45, 2.75) is 51.1 Å². The summed E-state index contributed by atoms with van der Waals surface area (Å²) < 4.78 is 10.7. The molecule has 0 radical (unpaired) electrons. The predicted octanol–water partition coefficient (Wildman–Crippen LogP) is 4.63. The fourth-order valence-corrected chi connectivity index (χ4v) is 4.81. The molecule has 0 aromatic heterocycles. The van der Waals surface area contributed by atoms with Gasteiger partial charge in [-0.3, -0.25) is 9.59 Å². The molecule has 2 fully saturated rings. The fourth-order valence-electron chi connectivity index (χ4n) is 4.81. The zero-order valence-electron chi connectivity index (χ0n) is 18.8. The summed E-state index contributed by atoms with van der Waals surface area (Å²) in [6.07, 6.45) is 4.68. The van der Waals surface area contributed by atoms with Crippen LogP contribution in [0.15, 0.2) is 48.0 Å². The van der Waals surface area contributed by atoms with Gasteiger partial charge in [0.25, 0.3) is 11.7 Å². The van der Waals surface area contributed by atoms with Crippen LogP contribution >= 0.6 is 0 Å². The van der Waals surface area contributed by atoms with Gasteiger partial charge in [0.15, 0.2) is 0 Å². The number of aliphatic hydroxyl groups excluding tert-OH is 1. The Morgan fingerprint density at radius 2 is 1.72 bits per heavy atom. The van der Waals surface area contributed by atoms with Gasteiger partial charge in [0, 0.05) is 12.1 Å². The number of nitrogens with zero attached hydrogens (tertiary/aromatic N) is 1. The van der Waals surface area contributed by atoms with E-state index in [4.69, 9.17) is 9.47 Å². The monoisotopic (exact) mass is 435 g/mol. The van der Waals surface area contributed by atoms with Gasteiger partial charge in [-0.1, -0.05) is 44.0 Å². The van der Waals surface area contributed by atoms with E-state index in [1.165, 1.54) is 12.7 Å². The Morgan fingerprint density at radius 1 is 1.03 bits per heavy atom. The molecule has 1 atom stereocenters. The molecule has 4 rings (SSSR count).